The zero-order chi connectivity index (χ0) is 14.9. The molecule has 3 rings (SSSR count). The van der Waals surface area contributed by atoms with Gasteiger partial charge in [-0.05, 0) is 65.2 Å². The molecule has 1 spiro atoms. The maximum Gasteiger partial charge on any atom is 0.0594 e. The topological polar surface area (TPSA) is 19.0 Å². The Kier molecular flexibility index (Phi) is 4.60. The highest BCUT2D eigenvalue weighted by Crippen LogP contribution is 2.40. The minimum absolute atomic E-state index is 0.279. The van der Waals surface area contributed by atoms with E-state index in [1.807, 2.05) is 0 Å². The molecule has 122 valence electrons. The number of ether oxygens (including phenoxy) is 1. The lowest BCUT2D eigenvalue weighted by Crippen LogP contribution is -2.56. The van der Waals surface area contributed by atoms with Crippen LogP contribution >= 0.6 is 0 Å². The Morgan fingerprint density at radius 1 is 0.952 bits per heavy atom. The van der Waals surface area contributed by atoms with E-state index in [4.69, 9.17) is 4.74 Å². The molecular weight excluding hydrogens is 262 g/mol. The van der Waals surface area contributed by atoms with Crippen LogP contribution in [0.3, 0.4) is 0 Å². The number of morpholine rings is 1. The Hall–Kier alpha value is -0.160. The first-order valence-corrected chi connectivity index (χ1v) is 8.73. The van der Waals surface area contributed by atoms with E-state index in [1.54, 1.807) is 0 Å². The second-order valence-corrected chi connectivity index (χ2v) is 8.18. The molecule has 3 aliphatic rings. The molecule has 3 aliphatic heterocycles. The van der Waals surface area contributed by atoms with Crippen LogP contribution in [-0.4, -0.2) is 86.3 Å². The zero-order valence-electron chi connectivity index (χ0n) is 14.2. The summed E-state index contributed by atoms with van der Waals surface area (Å²) in [6.07, 6.45) is 4.22. The molecule has 0 radical (unpaired) electrons. The van der Waals surface area contributed by atoms with E-state index >= 15 is 0 Å². The van der Waals surface area contributed by atoms with Gasteiger partial charge in [0.15, 0.2) is 0 Å². The van der Waals surface area contributed by atoms with Gasteiger partial charge in [0.25, 0.3) is 0 Å². The standard InChI is InChI=1S/C17H33N3O/c1-16(2,20-10-12-21-13-11-20)14-19-8-5-17(6-9-19)4-7-18(3)15-17/h4-15H2,1-3H3. The fourth-order valence-corrected chi connectivity index (χ4v) is 4.57. The van der Waals surface area contributed by atoms with Gasteiger partial charge in [-0.3, -0.25) is 4.90 Å². The molecule has 21 heavy (non-hydrogen) atoms. The summed E-state index contributed by atoms with van der Waals surface area (Å²) < 4.78 is 5.50. The Morgan fingerprint density at radius 2 is 1.57 bits per heavy atom. The van der Waals surface area contributed by atoms with Crippen LogP contribution in [0.4, 0.5) is 0 Å². The van der Waals surface area contributed by atoms with Gasteiger partial charge in [-0.2, -0.15) is 0 Å². The summed E-state index contributed by atoms with van der Waals surface area (Å²) in [5, 5.41) is 0. The minimum atomic E-state index is 0.279. The molecule has 4 nitrogen and oxygen atoms in total. The Morgan fingerprint density at radius 3 is 2.14 bits per heavy atom. The maximum atomic E-state index is 5.50. The SMILES string of the molecule is CN1CCC2(CCN(CC(C)(C)N3CCOCC3)CC2)C1. The first-order chi connectivity index (χ1) is 9.99. The molecule has 0 amide bonds. The zero-order valence-corrected chi connectivity index (χ0v) is 14.2. The van der Waals surface area contributed by atoms with Gasteiger partial charge in [-0.1, -0.05) is 0 Å². The van der Waals surface area contributed by atoms with Crippen molar-refractivity contribution in [2.75, 3.05) is 66.1 Å². The summed E-state index contributed by atoms with van der Waals surface area (Å²) in [5.41, 5.74) is 0.926. The van der Waals surface area contributed by atoms with Crippen molar-refractivity contribution in [3.63, 3.8) is 0 Å². The molecule has 3 fully saturated rings. The van der Waals surface area contributed by atoms with Crippen LogP contribution < -0.4 is 0 Å². The van der Waals surface area contributed by atoms with Crippen LogP contribution in [0.5, 0.6) is 0 Å². The van der Waals surface area contributed by atoms with E-state index in [9.17, 15) is 0 Å². The van der Waals surface area contributed by atoms with Gasteiger partial charge >= 0.3 is 0 Å². The molecule has 0 aromatic heterocycles. The van der Waals surface area contributed by atoms with Gasteiger partial charge in [0, 0.05) is 31.7 Å². The monoisotopic (exact) mass is 295 g/mol. The fraction of sp³-hybridized carbons (Fsp3) is 1.00. The van der Waals surface area contributed by atoms with E-state index in [0.29, 0.717) is 5.41 Å². The van der Waals surface area contributed by atoms with Gasteiger partial charge < -0.3 is 14.5 Å². The van der Waals surface area contributed by atoms with Gasteiger partial charge in [0.2, 0.25) is 0 Å². The minimum Gasteiger partial charge on any atom is -0.379 e. The van der Waals surface area contributed by atoms with Crippen molar-refractivity contribution in [2.45, 2.75) is 38.6 Å². The maximum absolute atomic E-state index is 5.50. The van der Waals surface area contributed by atoms with Gasteiger partial charge in [-0.15, -0.1) is 0 Å². The summed E-state index contributed by atoms with van der Waals surface area (Å²) in [7, 11) is 2.28. The normalized spacial score (nSPS) is 29.3. The first-order valence-electron chi connectivity index (χ1n) is 8.73. The van der Waals surface area contributed by atoms with Gasteiger partial charge in [0.1, 0.15) is 0 Å². The molecule has 0 atom stereocenters. The highest BCUT2D eigenvalue weighted by Gasteiger charge is 2.40. The number of hydrogen-bond acceptors (Lipinski definition) is 4. The average Bonchev–Trinajstić information content (AvgIpc) is 2.84. The number of hydrogen-bond donors (Lipinski definition) is 0. The summed E-state index contributed by atoms with van der Waals surface area (Å²) in [5.74, 6) is 0. The van der Waals surface area contributed by atoms with E-state index in [-0.39, 0.29) is 5.54 Å². The largest absolute Gasteiger partial charge is 0.379 e. The molecule has 0 bridgehead atoms. The Bertz CT molecular complexity index is 344. The molecule has 0 unspecified atom stereocenters. The van der Waals surface area contributed by atoms with Crippen LogP contribution in [0.2, 0.25) is 0 Å². The molecule has 3 heterocycles. The van der Waals surface area contributed by atoms with Crippen molar-refractivity contribution >= 4 is 0 Å². The lowest BCUT2D eigenvalue weighted by Gasteiger charge is -2.46. The third-order valence-electron chi connectivity index (χ3n) is 6.02. The van der Waals surface area contributed by atoms with Gasteiger partial charge in [-0.25, -0.2) is 0 Å². The van der Waals surface area contributed by atoms with Crippen molar-refractivity contribution in [3.05, 3.63) is 0 Å². The molecular formula is C17H33N3O. The van der Waals surface area contributed by atoms with Crippen LogP contribution in [0, 0.1) is 5.41 Å². The Labute approximate surface area is 130 Å². The molecule has 0 aromatic carbocycles. The van der Waals surface area contributed by atoms with Crippen molar-refractivity contribution in [1.29, 1.82) is 0 Å². The van der Waals surface area contributed by atoms with Crippen LogP contribution in [0.15, 0.2) is 0 Å². The summed E-state index contributed by atoms with van der Waals surface area (Å²) in [6.45, 7) is 15.2. The quantitative estimate of drug-likeness (QED) is 0.786. The molecule has 4 heteroatoms. The third-order valence-corrected chi connectivity index (χ3v) is 6.02. The molecule has 0 aromatic rings. The average molecular weight is 295 g/mol. The van der Waals surface area contributed by atoms with E-state index < -0.39 is 0 Å². The van der Waals surface area contributed by atoms with E-state index in [0.717, 1.165) is 26.3 Å². The van der Waals surface area contributed by atoms with Gasteiger partial charge in [0.05, 0.1) is 13.2 Å². The van der Waals surface area contributed by atoms with Crippen molar-refractivity contribution in [1.82, 2.24) is 14.7 Å². The first kappa shape index (κ1) is 15.7. The molecule has 0 saturated carbocycles. The van der Waals surface area contributed by atoms with Crippen LogP contribution in [-0.2, 0) is 4.74 Å². The molecule has 0 N–H and O–H groups in total. The third kappa shape index (κ3) is 3.61. The highest BCUT2D eigenvalue weighted by molar-refractivity contribution is 4.95. The second-order valence-electron chi connectivity index (χ2n) is 8.18. The Balaban J connectivity index is 1.50. The van der Waals surface area contributed by atoms with Crippen molar-refractivity contribution in [2.24, 2.45) is 5.41 Å². The summed E-state index contributed by atoms with van der Waals surface area (Å²) in [4.78, 5) is 7.84. The van der Waals surface area contributed by atoms with Crippen LogP contribution in [0.25, 0.3) is 0 Å². The highest BCUT2D eigenvalue weighted by atomic mass is 16.5. The summed E-state index contributed by atoms with van der Waals surface area (Å²) in [6, 6.07) is 0. The van der Waals surface area contributed by atoms with E-state index in [1.165, 1.54) is 52.0 Å². The smallest absolute Gasteiger partial charge is 0.0594 e. The van der Waals surface area contributed by atoms with E-state index in [2.05, 4.69) is 35.6 Å². The number of likely N-dealkylation sites (tertiary alicyclic amines) is 2. The van der Waals surface area contributed by atoms with Crippen molar-refractivity contribution < 1.29 is 4.74 Å². The number of rotatable bonds is 3. The predicted octanol–water partition coefficient (Wildman–Crippen LogP) is 1.51. The molecule has 0 aliphatic carbocycles. The second kappa shape index (κ2) is 6.15. The van der Waals surface area contributed by atoms with Crippen molar-refractivity contribution in [3.8, 4) is 0 Å². The fourth-order valence-electron chi connectivity index (χ4n) is 4.57. The number of piperidine rings is 1. The summed E-state index contributed by atoms with van der Waals surface area (Å²) >= 11 is 0. The predicted molar refractivity (Wildman–Crippen MR) is 86.7 cm³/mol. The van der Waals surface area contributed by atoms with Crippen LogP contribution in [0.1, 0.15) is 33.1 Å². The number of nitrogens with zero attached hydrogens (tertiary/aromatic N) is 3. The lowest BCUT2D eigenvalue weighted by atomic mass is 9.77. The molecule has 3 saturated heterocycles. The lowest BCUT2D eigenvalue weighted by molar-refractivity contribution is -0.0279.